The Morgan fingerprint density at radius 2 is 1.58 bits per heavy atom. The minimum Gasteiger partial charge on any atom is -0.493 e. The van der Waals surface area contributed by atoms with Gasteiger partial charge in [0, 0.05) is 6.54 Å². The number of likely N-dealkylation sites (tertiary alicyclic amines) is 1. The Kier molecular flexibility index (Phi) is 8.76. The summed E-state index contributed by atoms with van der Waals surface area (Å²) in [4.78, 5) is 2.50. The SMILES string of the molecule is Cl.Fc1ccc(OCC2CCN(Cc3ccccc3)CC2)cc1.O. The Morgan fingerprint density at radius 3 is 2.21 bits per heavy atom. The summed E-state index contributed by atoms with van der Waals surface area (Å²) in [6.45, 7) is 4.00. The standard InChI is InChI=1S/C19H22FNO.ClH.H2O/c20-18-6-8-19(9-7-18)22-15-17-10-12-21(13-11-17)14-16-4-2-1-3-5-16;;/h1-9,17H,10-15H2;1H;1H2. The van der Waals surface area contributed by atoms with Gasteiger partial charge in [0.25, 0.3) is 0 Å². The maximum atomic E-state index is 12.8. The van der Waals surface area contributed by atoms with E-state index in [4.69, 9.17) is 4.74 Å². The van der Waals surface area contributed by atoms with E-state index in [0.717, 1.165) is 44.8 Å². The highest BCUT2D eigenvalue weighted by Crippen LogP contribution is 2.21. The zero-order chi connectivity index (χ0) is 15.2. The average Bonchev–Trinajstić information content (AvgIpc) is 2.57. The highest BCUT2D eigenvalue weighted by molar-refractivity contribution is 5.85. The quantitative estimate of drug-likeness (QED) is 0.822. The minimum absolute atomic E-state index is 0. The van der Waals surface area contributed by atoms with Crippen LogP contribution in [0.2, 0.25) is 0 Å². The van der Waals surface area contributed by atoms with Crippen LogP contribution in [0.5, 0.6) is 5.75 Å². The molecule has 0 amide bonds. The number of benzene rings is 2. The fourth-order valence-corrected chi connectivity index (χ4v) is 2.90. The molecule has 2 N–H and O–H groups in total. The number of rotatable bonds is 5. The van der Waals surface area contributed by atoms with Crippen LogP contribution < -0.4 is 4.74 Å². The summed E-state index contributed by atoms with van der Waals surface area (Å²) in [5.74, 6) is 1.13. The third kappa shape index (κ3) is 6.11. The molecule has 0 radical (unpaired) electrons. The van der Waals surface area contributed by atoms with Crippen LogP contribution in [-0.2, 0) is 6.54 Å². The summed E-state index contributed by atoms with van der Waals surface area (Å²) in [5.41, 5.74) is 1.38. The van der Waals surface area contributed by atoms with Crippen LogP contribution >= 0.6 is 12.4 Å². The molecule has 1 fully saturated rings. The first-order valence-corrected chi connectivity index (χ1v) is 7.94. The predicted molar refractivity (Wildman–Crippen MR) is 97.2 cm³/mol. The fraction of sp³-hybridized carbons (Fsp3) is 0.368. The monoisotopic (exact) mass is 353 g/mol. The smallest absolute Gasteiger partial charge is 0.123 e. The van der Waals surface area contributed by atoms with Crippen molar-refractivity contribution in [3.8, 4) is 5.75 Å². The molecule has 0 spiro atoms. The molecule has 1 heterocycles. The number of halogens is 2. The van der Waals surface area contributed by atoms with Crippen molar-refractivity contribution >= 4 is 12.4 Å². The summed E-state index contributed by atoms with van der Waals surface area (Å²) >= 11 is 0. The summed E-state index contributed by atoms with van der Waals surface area (Å²) in [7, 11) is 0. The van der Waals surface area contributed by atoms with Gasteiger partial charge in [0.1, 0.15) is 11.6 Å². The second kappa shape index (κ2) is 10.3. The molecule has 24 heavy (non-hydrogen) atoms. The summed E-state index contributed by atoms with van der Waals surface area (Å²) < 4.78 is 18.6. The number of piperidine rings is 1. The average molecular weight is 354 g/mol. The van der Waals surface area contributed by atoms with Crippen LogP contribution in [0.3, 0.4) is 0 Å². The van der Waals surface area contributed by atoms with Gasteiger partial charge >= 0.3 is 0 Å². The highest BCUT2D eigenvalue weighted by Gasteiger charge is 2.19. The predicted octanol–water partition coefficient (Wildman–Crippen LogP) is 3.71. The van der Waals surface area contributed by atoms with E-state index in [-0.39, 0.29) is 23.7 Å². The lowest BCUT2D eigenvalue weighted by Crippen LogP contribution is -2.35. The van der Waals surface area contributed by atoms with Crippen molar-refractivity contribution in [1.82, 2.24) is 4.90 Å². The van der Waals surface area contributed by atoms with Gasteiger partial charge in [0.2, 0.25) is 0 Å². The fourth-order valence-electron chi connectivity index (χ4n) is 2.90. The third-order valence-electron chi connectivity index (χ3n) is 4.26. The van der Waals surface area contributed by atoms with Gasteiger partial charge < -0.3 is 10.2 Å². The van der Waals surface area contributed by atoms with Crippen molar-refractivity contribution < 1.29 is 14.6 Å². The first kappa shape index (κ1) is 20.4. The van der Waals surface area contributed by atoms with Crippen LogP contribution in [0.1, 0.15) is 18.4 Å². The molecule has 2 aromatic carbocycles. The molecule has 132 valence electrons. The van der Waals surface area contributed by atoms with Crippen LogP contribution in [0.15, 0.2) is 54.6 Å². The van der Waals surface area contributed by atoms with Gasteiger partial charge in [-0.2, -0.15) is 0 Å². The minimum atomic E-state index is -0.221. The molecular weight excluding hydrogens is 329 g/mol. The molecule has 0 bridgehead atoms. The second-order valence-electron chi connectivity index (χ2n) is 5.97. The Morgan fingerprint density at radius 1 is 0.958 bits per heavy atom. The topological polar surface area (TPSA) is 44.0 Å². The maximum absolute atomic E-state index is 12.8. The van der Waals surface area contributed by atoms with Crippen molar-refractivity contribution in [2.45, 2.75) is 19.4 Å². The lowest BCUT2D eigenvalue weighted by molar-refractivity contribution is 0.136. The van der Waals surface area contributed by atoms with Gasteiger partial charge in [-0.25, -0.2) is 4.39 Å². The molecule has 5 heteroatoms. The van der Waals surface area contributed by atoms with E-state index in [1.165, 1.54) is 17.7 Å². The van der Waals surface area contributed by atoms with E-state index in [1.807, 2.05) is 0 Å². The maximum Gasteiger partial charge on any atom is 0.123 e. The summed E-state index contributed by atoms with van der Waals surface area (Å²) in [5, 5.41) is 0. The molecule has 0 unspecified atom stereocenters. The Labute approximate surface area is 149 Å². The van der Waals surface area contributed by atoms with Gasteiger partial charge in [0.15, 0.2) is 0 Å². The molecule has 1 saturated heterocycles. The number of ether oxygens (including phenoxy) is 1. The zero-order valence-corrected chi connectivity index (χ0v) is 14.5. The molecule has 1 aliphatic heterocycles. The van der Waals surface area contributed by atoms with Crippen molar-refractivity contribution in [2.75, 3.05) is 19.7 Å². The highest BCUT2D eigenvalue weighted by atomic mass is 35.5. The summed E-state index contributed by atoms with van der Waals surface area (Å²) in [6, 6.07) is 16.9. The van der Waals surface area contributed by atoms with Gasteiger partial charge in [-0.15, -0.1) is 12.4 Å². The first-order valence-electron chi connectivity index (χ1n) is 7.94. The van der Waals surface area contributed by atoms with Crippen molar-refractivity contribution in [3.63, 3.8) is 0 Å². The van der Waals surface area contributed by atoms with Gasteiger partial charge in [0.05, 0.1) is 6.61 Å². The largest absolute Gasteiger partial charge is 0.493 e. The molecule has 0 aromatic heterocycles. The van der Waals surface area contributed by atoms with Crippen LogP contribution in [0.4, 0.5) is 4.39 Å². The van der Waals surface area contributed by atoms with E-state index in [2.05, 4.69) is 35.2 Å². The Hall–Kier alpha value is -1.62. The number of hydrogen-bond donors (Lipinski definition) is 0. The lowest BCUT2D eigenvalue weighted by atomic mass is 9.97. The van der Waals surface area contributed by atoms with E-state index in [9.17, 15) is 4.39 Å². The van der Waals surface area contributed by atoms with Crippen LogP contribution in [-0.4, -0.2) is 30.1 Å². The molecule has 3 rings (SSSR count). The third-order valence-corrected chi connectivity index (χ3v) is 4.26. The molecule has 0 atom stereocenters. The Balaban J connectivity index is 0.00000144. The molecule has 1 aliphatic rings. The number of nitrogens with zero attached hydrogens (tertiary/aromatic N) is 1. The van der Waals surface area contributed by atoms with E-state index < -0.39 is 0 Å². The second-order valence-corrected chi connectivity index (χ2v) is 5.97. The zero-order valence-electron chi connectivity index (χ0n) is 13.7. The molecule has 2 aromatic rings. The lowest BCUT2D eigenvalue weighted by Gasteiger charge is -2.31. The van der Waals surface area contributed by atoms with Gasteiger partial charge in [-0.05, 0) is 61.7 Å². The normalized spacial score (nSPS) is 15.2. The van der Waals surface area contributed by atoms with Gasteiger partial charge in [-0.1, -0.05) is 30.3 Å². The molecule has 3 nitrogen and oxygen atoms in total. The first-order chi connectivity index (χ1) is 10.8. The molecular formula is C19H25ClFNO2. The summed E-state index contributed by atoms with van der Waals surface area (Å²) in [6.07, 6.45) is 2.32. The van der Waals surface area contributed by atoms with Crippen molar-refractivity contribution in [2.24, 2.45) is 5.92 Å². The van der Waals surface area contributed by atoms with Gasteiger partial charge in [-0.3, -0.25) is 4.90 Å². The van der Waals surface area contributed by atoms with Crippen LogP contribution in [0, 0.1) is 11.7 Å². The molecule has 0 aliphatic carbocycles. The van der Waals surface area contributed by atoms with E-state index in [1.54, 1.807) is 12.1 Å². The van der Waals surface area contributed by atoms with E-state index in [0.29, 0.717) is 5.92 Å². The van der Waals surface area contributed by atoms with Crippen LogP contribution in [0.25, 0.3) is 0 Å². The van der Waals surface area contributed by atoms with Crippen molar-refractivity contribution in [1.29, 1.82) is 0 Å². The Bertz CT molecular complexity index is 572. The number of hydrogen-bond acceptors (Lipinski definition) is 2. The molecule has 0 saturated carbocycles. The van der Waals surface area contributed by atoms with Crippen molar-refractivity contribution in [3.05, 3.63) is 66.0 Å². The van der Waals surface area contributed by atoms with E-state index >= 15 is 0 Å².